The molecule has 2 aliphatic rings. The van der Waals surface area contributed by atoms with Crippen molar-refractivity contribution in [3.63, 3.8) is 0 Å². The molecule has 0 aliphatic heterocycles. The molecule has 124 valence electrons. The molecule has 7 heteroatoms. The molecule has 1 aromatic carbocycles. The fourth-order valence-corrected chi connectivity index (χ4v) is 3.63. The number of amides is 2. The molecule has 2 fully saturated rings. The molecule has 2 aliphatic carbocycles. The van der Waals surface area contributed by atoms with Crippen molar-refractivity contribution in [2.24, 2.45) is 5.41 Å². The molecule has 2 N–H and O–H groups in total. The highest BCUT2D eigenvalue weighted by molar-refractivity contribution is 5.89. The number of urea groups is 1. The van der Waals surface area contributed by atoms with Gasteiger partial charge in [0, 0.05) is 35.9 Å². The fourth-order valence-electron chi connectivity index (χ4n) is 3.63. The number of anilines is 1. The van der Waals surface area contributed by atoms with E-state index in [0.29, 0.717) is 12.3 Å². The summed E-state index contributed by atoms with van der Waals surface area (Å²) in [5, 5.41) is 16.4. The maximum atomic E-state index is 12.1. The molecule has 1 aromatic rings. The van der Waals surface area contributed by atoms with Crippen molar-refractivity contribution in [3.05, 3.63) is 34.4 Å². The van der Waals surface area contributed by atoms with E-state index in [1.807, 2.05) is 6.92 Å². The van der Waals surface area contributed by atoms with Gasteiger partial charge in [-0.3, -0.25) is 10.1 Å². The summed E-state index contributed by atoms with van der Waals surface area (Å²) in [7, 11) is 0. The molecule has 7 nitrogen and oxygen atoms in total. The Bertz CT molecular complexity index is 598. The molecule has 0 unspecified atom stereocenters. The van der Waals surface area contributed by atoms with E-state index in [0.717, 1.165) is 19.3 Å². The van der Waals surface area contributed by atoms with Crippen LogP contribution in [0.3, 0.4) is 0 Å². The predicted octanol–water partition coefficient (Wildman–Crippen LogP) is 3.06. The molecular weight excluding hydrogens is 298 g/mol. The maximum absolute atomic E-state index is 12.1. The van der Waals surface area contributed by atoms with Crippen molar-refractivity contribution in [2.45, 2.75) is 44.8 Å². The quantitative estimate of drug-likeness (QED) is 0.644. The van der Waals surface area contributed by atoms with Gasteiger partial charge in [0.05, 0.1) is 11.0 Å². The maximum Gasteiger partial charge on any atom is 0.319 e. The topological polar surface area (TPSA) is 93.5 Å². The van der Waals surface area contributed by atoms with Gasteiger partial charge in [-0.05, 0) is 38.3 Å². The molecule has 0 aromatic heterocycles. The van der Waals surface area contributed by atoms with Crippen molar-refractivity contribution >= 4 is 17.4 Å². The number of benzene rings is 1. The van der Waals surface area contributed by atoms with E-state index in [2.05, 4.69) is 10.6 Å². The number of carbonyl (C=O) groups excluding carboxylic acids is 1. The van der Waals surface area contributed by atoms with Gasteiger partial charge in [0.1, 0.15) is 0 Å². The van der Waals surface area contributed by atoms with Gasteiger partial charge in [-0.1, -0.05) is 6.42 Å². The molecule has 2 amide bonds. The Balaban J connectivity index is 1.55. The number of nitro benzene ring substituents is 1. The Kier molecular flexibility index (Phi) is 4.21. The summed E-state index contributed by atoms with van der Waals surface area (Å²) in [6.07, 6.45) is 4.49. The lowest BCUT2D eigenvalue weighted by Crippen LogP contribution is -2.68. The van der Waals surface area contributed by atoms with Crippen molar-refractivity contribution in [2.75, 3.05) is 11.9 Å². The van der Waals surface area contributed by atoms with Crippen molar-refractivity contribution in [3.8, 4) is 0 Å². The number of hydrogen-bond acceptors (Lipinski definition) is 4. The highest BCUT2D eigenvalue weighted by Crippen LogP contribution is 2.57. The van der Waals surface area contributed by atoms with E-state index in [1.165, 1.54) is 30.7 Å². The number of hydrogen-bond donors (Lipinski definition) is 2. The van der Waals surface area contributed by atoms with Crippen LogP contribution in [0.2, 0.25) is 0 Å². The first-order valence-electron chi connectivity index (χ1n) is 7.99. The molecule has 23 heavy (non-hydrogen) atoms. The zero-order valence-electron chi connectivity index (χ0n) is 13.1. The number of ether oxygens (including phenoxy) is 1. The third-order valence-corrected chi connectivity index (χ3v) is 5.08. The van der Waals surface area contributed by atoms with Crippen LogP contribution < -0.4 is 10.6 Å². The van der Waals surface area contributed by atoms with Gasteiger partial charge >= 0.3 is 6.03 Å². The van der Waals surface area contributed by atoms with Crippen LogP contribution in [0.5, 0.6) is 0 Å². The van der Waals surface area contributed by atoms with Crippen molar-refractivity contribution in [1.29, 1.82) is 0 Å². The van der Waals surface area contributed by atoms with Crippen molar-refractivity contribution < 1.29 is 14.5 Å². The molecule has 0 bridgehead atoms. The highest BCUT2D eigenvalue weighted by Gasteiger charge is 2.59. The standard InChI is InChI=1S/C16H21N3O4/c1-2-23-14-10-13(16(14)8-3-9-16)18-15(20)17-11-4-6-12(7-5-11)19(21)22/h4-7,13-14H,2-3,8-10H2,1H3,(H2,17,18,20)/t13-,14-/m0/s1. The summed E-state index contributed by atoms with van der Waals surface area (Å²) in [4.78, 5) is 22.3. The summed E-state index contributed by atoms with van der Waals surface area (Å²) < 4.78 is 5.77. The zero-order chi connectivity index (χ0) is 16.4. The second-order valence-electron chi connectivity index (χ2n) is 6.22. The fraction of sp³-hybridized carbons (Fsp3) is 0.562. The molecule has 0 heterocycles. The average molecular weight is 319 g/mol. The van der Waals surface area contributed by atoms with Crippen LogP contribution in [0.4, 0.5) is 16.2 Å². The number of carbonyl (C=O) groups is 1. The molecule has 1 spiro atoms. The Morgan fingerprint density at radius 2 is 2.09 bits per heavy atom. The minimum Gasteiger partial charge on any atom is -0.378 e. The summed E-state index contributed by atoms with van der Waals surface area (Å²) in [6, 6.07) is 5.67. The molecule has 2 atom stereocenters. The average Bonchev–Trinajstić information content (AvgIpc) is 2.44. The van der Waals surface area contributed by atoms with Crippen LogP contribution in [-0.4, -0.2) is 29.7 Å². The minimum absolute atomic E-state index is 0.00271. The van der Waals surface area contributed by atoms with Crippen LogP contribution in [0, 0.1) is 15.5 Å². The lowest BCUT2D eigenvalue weighted by molar-refractivity contribution is -0.384. The molecular formula is C16H21N3O4. The van der Waals surface area contributed by atoms with Crippen LogP contribution in [0.1, 0.15) is 32.6 Å². The Hall–Kier alpha value is -2.15. The van der Waals surface area contributed by atoms with Crippen molar-refractivity contribution in [1.82, 2.24) is 5.32 Å². The van der Waals surface area contributed by atoms with Gasteiger partial charge in [-0.25, -0.2) is 4.79 Å². The number of non-ortho nitro benzene ring substituents is 1. The largest absolute Gasteiger partial charge is 0.378 e. The minimum atomic E-state index is -0.466. The third kappa shape index (κ3) is 2.88. The van der Waals surface area contributed by atoms with Crippen LogP contribution in [0.25, 0.3) is 0 Å². The molecule has 0 radical (unpaired) electrons. The van der Waals surface area contributed by atoms with Gasteiger partial charge in [-0.2, -0.15) is 0 Å². The van der Waals surface area contributed by atoms with E-state index in [9.17, 15) is 14.9 Å². The Morgan fingerprint density at radius 1 is 1.39 bits per heavy atom. The number of nitro groups is 1. The van der Waals surface area contributed by atoms with Gasteiger partial charge in [0.15, 0.2) is 0 Å². The van der Waals surface area contributed by atoms with E-state index in [4.69, 9.17) is 4.74 Å². The SMILES string of the molecule is CCO[C@H]1C[C@H](NC(=O)Nc2ccc([N+](=O)[O-])cc2)C12CCC2. The summed E-state index contributed by atoms with van der Waals surface area (Å²) in [6.45, 7) is 2.70. The second kappa shape index (κ2) is 6.16. The van der Waals surface area contributed by atoms with E-state index in [1.54, 1.807) is 0 Å². The van der Waals surface area contributed by atoms with Crippen LogP contribution in [-0.2, 0) is 4.74 Å². The smallest absolute Gasteiger partial charge is 0.319 e. The lowest BCUT2D eigenvalue weighted by Gasteiger charge is -2.60. The summed E-state index contributed by atoms with van der Waals surface area (Å²) in [5.74, 6) is 0. The first-order chi connectivity index (χ1) is 11.0. The van der Waals surface area contributed by atoms with E-state index in [-0.39, 0.29) is 29.3 Å². The Morgan fingerprint density at radius 3 is 2.61 bits per heavy atom. The summed E-state index contributed by atoms with van der Waals surface area (Å²) in [5.41, 5.74) is 0.655. The van der Waals surface area contributed by atoms with Gasteiger partial charge in [0.25, 0.3) is 5.69 Å². The summed E-state index contributed by atoms with van der Waals surface area (Å²) >= 11 is 0. The number of rotatable bonds is 5. The second-order valence-corrected chi connectivity index (χ2v) is 6.22. The Labute approximate surface area is 134 Å². The first-order valence-corrected chi connectivity index (χ1v) is 7.99. The molecule has 0 saturated heterocycles. The van der Waals surface area contributed by atoms with Crippen LogP contribution in [0.15, 0.2) is 24.3 Å². The number of nitrogens with one attached hydrogen (secondary N) is 2. The molecule has 2 saturated carbocycles. The number of nitrogens with zero attached hydrogens (tertiary/aromatic N) is 1. The molecule has 3 rings (SSSR count). The third-order valence-electron chi connectivity index (χ3n) is 5.08. The zero-order valence-corrected chi connectivity index (χ0v) is 13.1. The van der Waals surface area contributed by atoms with E-state index < -0.39 is 4.92 Å². The normalized spacial score (nSPS) is 24.4. The predicted molar refractivity (Wildman–Crippen MR) is 85.4 cm³/mol. The first kappa shape index (κ1) is 15.7. The van der Waals surface area contributed by atoms with Gasteiger partial charge < -0.3 is 15.4 Å². The van der Waals surface area contributed by atoms with Gasteiger partial charge in [-0.15, -0.1) is 0 Å². The van der Waals surface area contributed by atoms with Crippen LogP contribution >= 0.6 is 0 Å². The van der Waals surface area contributed by atoms with E-state index >= 15 is 0 Å². The lowest BCUT2D eigenvalue weighted by atomic mass is 9.51. The van der Waals surface area contributed by atoms with Gasteiger partial charge in [0.2, 0.25) is 0 Å². The monoisotopic (exact) mass is 319 g/mol. The highest BCUT2D eigenvalue weighted by atomic mass is 16.6.